The van der Waals surface area contributed by atoms with Gasteiger partial charge in [0, 0.05) is 12.6 Å². The SMILES string of the molecule is CC(C)CCCC(C)NC(=O)COC(=O)CCNS(=O)(=O)c1ccc2ccccc2c1. The maximum absolute atomic E-state index is 12.4. The molecular formula is C23H32N2O5S. The molecule has 0 heterocycles. The molecule has 170 valence electrons. The molecule has 0 aliphatic heterocycles. The van der Waals surface area contributed by atoms with Gasteiger partial charge >= 0.3 is 5.97 Å². The summed E-state index contributed by atoms with van der Waals surface area (Å²) in [7, 11) is -3.75. The molecule has 0 aliphatic rings. The van der Waals surface area contributed by atoms with Crippen molar-refractivity contribution in [1.29, 1.82) is 0 Å². The zero-order chi connectivity index (χ0) is 22.9. The van der Waals surface area contributed by atoms with Gasteiger partial charge in [-0.05, 0) is 42.2 Å². The molecule has 0 aromatic heterocycles. The maximum atomic E-state index is 12.4. The number of esters is 1. The largest absolute Gasteiger partial charge is 0.456 e. The fraction of sp³-hybridized carbons (Fsp3) is 0.478. The van der Waals surface area contributed by atoms with Crippen LogP contribution in [0.4, 0.5) is 0 Å². The molecule has 0 aliphatic carbocycles. The van der Waals surface area contributed by atoms with Crippen LogP contribution in [0, 0.1) is 5.92 Å². The van der Waals surface area contributed by atoms with Crippen molar-refractivity contribution >= 4 is 32.7 Å². The number of amides is 1. The van der Waals surface area contributed by atoms with E-state index in [2.05, 4.69) is 23.9 Å². The van der Waals surface area contributed by atoms with Gasteiger partial charge in [-0.3, -0.25) is 9.59 Å². The minimum atomic E-state index is -3.75. The summed E-state index contributed by atoms with van der Waals surface area (Å²) in [5, 5.41) is 4.55. The highest BCUT2D eigenvalue weighted by Gasteiger charge is 2.16. The van der Waals surface area contributed by atoms with E-state index < -0.39 is 16.0 Å². The number of ether oxygens (including phenoxy) is 1. The number of carbonyl (C=O) groups excluding carboxylic acids is 2. The van der Waals surface area contributed by atoms with Crippen molar-refractivity contribution in [2.45, 2.75) is 57.4 Å². The van der Waals surface area contributed by atoms with Crippen molar-refractivity contribution in [2.75, 3.05) is 13.2 Å². The highest BCUT2D eigenvalue weighted by molar-refractivity contribution is 7.89. The number of rotatable bonds is 12. The maximum Gasteiger partial charge on any atom is 0.307 e. The summed E-state index contributed by atoms with van der Waals surface area (Å²) < 4.78 is 32.2. The van der Waals surface area contributed by atoms with Gasteiger partial charge in [0.25, 0.3) is 5.91 Å². The Balaban J connectivity index is 1.71. The van der Waals surface area contributed by atoms with Crippen LogP contribution >= 0.6 is 0 Å². The summed E-state index contributed by atoms with van der Waals surface area (Å²) in [5.41, 5.74) is 0. The van der Waals surface area contributed by atoms with Gasteiger partial charge in [0.1, 0.15) is 0 Å². The summed E-state index contributed by atoms with van der Waals surface area (Å²) >= 11 is 0. The molecule has 7 nitrogen and oxygen atoms in total. The summed E-state index contributed by atoms with van der Waals surface area (Å²) in [6.45, 7) is 5.75. The lowest BCUT2D eigenvalue weighted by Crippen LogP contribution is -2.36. The predicted molar refractivity (Wildman–Crippen MR) is 121 cm³/mol. The average molecular weight is 449 g/mol. The first-order valence-corrected chi connectivity index (χ1v) is 12.1. The summed E-state index contributed by atoms with van der Waals surface area (Å²) in [5.74, 6) is -0.367. The number of nitrogens with one attached hydrogen (secondary N) is 2. The van der Waals surface area contributed by atoms with Crippen LogP contribution in [0.15, 0.2) is 47.4 Å². The quantitative estimate of drug-likeness (QED) is 0.485. The number of benzene rings is 2. The lowest BCUT2D eigenvalue weighted by Gasteiger charge is -2.14. The van der Waals surface area contributed by atoms with E-state index in [0.29, 0.717) is 5.92 Å². The van der Waals surface area contributed by atoms with Crippen LogP contribution in [0.5, 0.6) is 0 Å². The molecule has 0 saturated heterocycles. The molecule has 0 saturated carbocycles. The molecule has 1 unspecified atom stereocenters. The Morgan fingerprint density at radius 2 is 1.71 bits per heavy atom. The minimum Gasteiger partial charge on any atom is -0.456 e. The number of carbonyl (C=O) groups is 2. The fourth-order valence-electron chi connectivity index (χ4n) is 3.14. The minimum absolute atomic E-state index is 0.0127. The molecule has 2 rings (SSSR count). The van der Waals surface area contributed by atoms with Crippen molar-refractivity contribution in [3.63, 3.8) is 0 Å². The van der Waals surface area contributed by atoms with Crippen LogP contribution in [0.1, 0.15) is 46.5 Å². The van der Waals surface area contributed by atoms with E-state index in [-0.39, 0.29) is 36.4 Å². The van der Waals surface area contributed by atoms with Crippen LogP contribution in [-0.4, -0.2) is 39.5 Å². The zero-order valence-corrected chi connectivity index (χ0v) is 19.2. The number of sulfonamides is 1. The first-order chi connectivity index (χ1) is 14.7. The Bertz CT molecular complexity index is 988. The third-order valence-corrected chi connectivity index (χ3v) is 6.30. The first-order valence-electron chi connectivity index (χ1n) is 10.6. The molecule has 31 heavy (non-hydrogen) atoms. The number of hydrogen-bond acceptors (Lipinski definition) is 5. The van der Waals surface area contributed by atoms with E-state index in [0.717, 1.165) is 30.0 Å². The summed E-state index contributed by atoms with van der Waals surface area (Å²) in [6.07, 6.45) is 2.83. The molecular weight excluding hydrogens is 416 g/mol. The topological polar surface area (TPSA) is 102 Å². The molecule has 0 bridgehead atoms. The van der Waals surface area contributed by atoms with Crippen LogP contribution < -0.4 is 10.0 Å². The van der Waals surface area contributed by atoms with E-state index in [9.17, 15) is 18.0 Å². The Hall–Kier alpha value is -2.45. The molecule has 2 aromatic rings. The monoisotopic (exact) mass is 448 g/mol. The van der Waals surface area contributed by atoms with Gasteiger partial charge in [0.15, 0.2) is 6.61 Å². The first kappa shape index (κ1) is 24.8. The Kier molecular flexibility index (Phi) is 9.45. The molecule has 2 N–H and O–H groups in total. The van der Waals surface area contributed by atoms with Crippen molar-refractivity contribution in [2.24, 2.45) is 5.92 Å². The molecule has 1 amide bonds. The fourth-order valence-corrected chi connectivity index (χ4v) is 4.21. The van der Waals surface area contributed by atoms with Gasteiger partial charge in [-0.2, -0.15) is 0 Å². The van der Waals surface area contributed by atoms with Gasteiger partial charge in [0.2, 0.25) is 10.0 Å². The van der Waals surface area contributed by atoms with E-state index in [1.165, 1.54) is 6.07 Å². The van der Waals surface area contributed by atoms with Crippen molar-refractivity contribution in [3.05, 3.63) is 42.5 Å². The van der Waals surface area contributed by atoms with Gasteiger partial charge in [-0.1, -0.05) is 57.0 Å². The lowest BCUT2D eigenvalue weighted by atomic mass is 10.0. The normalized spacial score (nSPS) is 12.6. The molecule has 0 fully saturated rings. The van der Waals surface area contributed by atoms with Gasteiger partial charge in [0.05, 0.1) is 11.3 Å². The van der Waals surface area contributed by atoms with Crippen LogP contribution in [-0.2, 0) is 24.3 Å². The van der Waals surface area contributed by atoms with Crippen LogP contribution in [0.2, 0.25) is 0 Å². The molecule has 8 heteroatoms. The third kappa shape index (κ3) is 8.67. The smallest absolute Gasteiger partial charge is 0.307 e. The summed E-state index contributed by atoms with van der Waals surface area (Å²) in [4.78, 5) is 23.9. The number of fused-ring (bicyclic) bond motifs is 1. The standard InChI is InChI=1S/C23H32N2O5S/c1-17(2)7-6-8-18(3)25-22(26)16-30-23(27)13-14-24-31(28,29)21-12-11-19-9-4-5-10-20(19)15-21/h4-5,9-12,15,17-18,24H,6-8,13-14,16H2,1-3H3,(H,25,26). The van der Waals surface area contributed by atoms with Gasteiger partial charge in [-0.25, -0.2) is 13.1 Å². The lowest BCUT2D eigenvalue weighted by molar-refractivity contribution is -0.148. The second kappa shape index (κ2) is 11.8. The van der Waals surface area contributed by atoms with Crippen molar-refractivity contribution in [1.82, 2.24) is 10.0 Å². The summed E-state index contributed by atoms with van der Waals surface area (Å²) in [6, 6.07) is 12.3. The van der Waals surface area contributed by atoms with E-state index in [1.807, 2.05) is 31.2 Å². The molecule has 1 atom stereocenters. The molecule has 2 aromatic carbocycles. The van der Waals surface area contributed by atoms with Gasteiger partial charge < -0.3 is 10.1 Å². The zero-order valence-electron chi connectivity index (χ0n) is 18.4. The van der Waals surface area contributed by atoms with E-state index >= 15 is 0 Å². The highest BCUT2D eigenvalue weighted by Crippen LogP contribution is 2.18. The Morgan fingerprint density at radius 3 is 2.42 bits per heavy atom. The Morgan fingerprint density at radius 1 is 1.00 bits per heavy atom. The van der Waals surface area contributed by atoms with E-state index in [1.54, 1.807) is 12.1 Å². The average Bonchev–Trinajstić information content (AvgIpc) is 2.71. The van der Waals surface area contributed by atoms with Crippen LogP contribution in [0.25, 0.3) is 10.8 Å². The second-order valence-electron chi connectivity index (χ2n) is 8.11. The molecule has 0 spiro atoms. The predicted octanol–water partition coefficient (Wildman–Crippen LogP) is 3.38. The number of hydrogen-bond donors (Lipinski definition) is 2. The highest BCUT2D eigenvalue weighted by atomic mass is 32.2. The van der Waals surface area contributed by atoms with Crippen molar-refractivity contribution < 1.29 is 22.7 Å². The third-order valence-electron chi connectivity index (χ3n) is 4.84. The van der Waals surface area contributed by atoms with Crippen LogP contribution in [0.3, 0.4) is 0 Å². The Labute approximate surface area is 184 Å². The van der Waals surface area contributed by atoms with Crippen molar-refractivity contribution in [3.8, 4) is 0 Å². The second-order valence-corrected chi connectivity index (χ2v) is 9.88. The van der Waals surface area contributed by atoms with E-state index in [4.69, 9.17) is 4.74 Å². The molecule has 0 radical (unpaired) electrons. The van der Waals surface area contributed by atoms with Gasteiger partial charge in [-0.15, -0.1) is 0 Å².